The van der Waals surface area contributed by atoms with Gasteiger partial charge in [0.2, 0.25) is 0 Å². The van der Waals surface area contributed by atoms with Crippen LogP contribution in [0.3, 0.4) is 0 Å². The molecular weight excluding hydrogens is 316 g/mol. The molecule has 6 nitrogen and oxygen atoms in total. The zero-order valence-corrected chi connectivity index (χ0v) is 13.9. The van der Waals surface area contributed by atoms with Crippen LogP contribution in [0.2, 0.25) is 0 Å². The summed E-state index contributed by atoms with van der Waals surface area (Å²) >= 11 is 0. The molecule has 0 N–H and O–H groups in total. The Morgan fingerprint density at radius 3 is 3.04 bits per heavy atom. The third-order valence-electron chi connectivity index (χ3n) is 5.21. The number of benzene rings is 1. The van der Waals surface area contributed by atoms with Crippen LogP contribution in [0, 0.1) is 0 Å². The Balaban J connectivity index is 1.38. The van der Waals surface area contributed by atoms with E-state index in [9.17, 15) is 0 Å². The molecule has 5 rings (SSSR count). The SMILES string of the molecule is c1coc(-c2ccccc2CN2CCC3OCc4cnnn4C3C2)c1. The summed E-state index contributed by atoms with van der Waals surface area (Å²) in [6.07, 6.45) is 4.79. The van der Waals surface area contributed by atoms with E-state index >= 15 is 0 Å². The predicted octanol–water partition coefficient (Wildman–Crippen LogP) is 2.88. The summed E-state index contributed by atoms with van der Waals surface area (Å²) in [6, 6.07) is 12.7. The van der Waals surface area contributed by atoms with Gasteiger partial charge in [-0.05, 0) is 24.1 Å². The smallest absolute Gasteiger partial charge is 0.134 e. The first-order chi connectivity index (χ1) is 12.4. The Morgan fingerprint density at radius 1 is 1.16 bits per heavy atom. The summed E-state index contributed by atoms with van der Waals surface area (Å²) < 4.78 is 13.7. The van der Waals surface area contributed by atoms with Gasteiger partial charge in [0.05, 0.1) is 36.9 Å². The second-order valence-corrected chi connectivity index (χ2v) is 6.74. The molecule has 0 spiro atoms. The highest BCUT2D eigenvalue weighted by molar-refractivity contribution is 5.61. The molecule has 0 bridgehead atoms. The first kappa shape index (κ1) is 14.9. The van der Waals surface area contributed by atoms with Gasteiger partial charge in [0, 0.05) is 25.2 Å². The lowest BCUT2D eigenvalue weighted by Crippen LogP contribution is -2.47. The summed E-state index contributed by atoms with van der Waals surface area (Å²) in [5, 5.41) is 8.34. The van der Waals surface area contributed by atoms with E-state index in [1.165, 1.54) is 5.56 Å². The second-order valence-electron chi connectivity index (χ2n) is 6.74. The van der Waals surface area contributed by atoms with Gasteiger partial charge < -0.3 is 9.15 Å². The molecule has 2 aliphatic heterocycles. The van der Waals surface area contributed by atoms with Crippen LogP contribution < -0.4 is 0 Å². The minimum Gasteiger partial charge on any atom is -0.464 e. The van der Waals surface area contributed by atoms with Crippen molar-refractivity contribution in [3.63, 3.8) is 0 Å². The number of likely N-dealkylation sites (tertiary alicyclic amines) is 1. The Bertz CT molecular complexity index is 858. The van der Waals surface area contributed by atoms with Crippen molar-refractivity contribution in [2.24, 2.45) is 0 Å². The second kappa shape index (κ2) is 6.13. The molecule has 2 atom stereocenters. The van der Waals surface area contributed by atoms with E-state index in [1.54, 1.807) is 12.5 Å². The number of hydrogen-bond donors (Lipinski definition) is 0. The van der Waals surface area contributed by atoms with Gasteiger partial charge in [-0.15, -0.1) is 5.10 Å². The van der Waals surface area contributed by atoms with Crippen molar-refractivity contribution < 1.29 is 9.15 Å². The number of furan rings is 1. The topological polar surface area (TPSA) is 56.3 Å². The van der Waals surface area contributed by atoms with Crippen molar-refractivity contribution in [3.8, 4) is 11.3 Å². The Morgan fingerprint density at radius 2 is 2.12 bits per heavy atom. The first-order valence-corrected chi connectivity index (χ1v) is 8.73. The van der Waals surface area contributed by atoms with Crippen LogP contribution in [-0.4, -0.2) is 39.1 Å². The molecule has 4 heterocycles. The maximum absolute atomic E-state index is 6.01. The van der Waals surface area contributed by atoms with Crippen LogP contribution in [0.4, 0.5) is 0 Å². The number of fused-ring (bicyclic) bond motifs is 3. The van der Waals surface area contributed by atoms with E-state index in [0.29, 0.717) is 6.61 Å². The summed E-state index contributed by atoms with van der Waals surface area (Å²) in [7, 11) is 0. The molecule has 0 amide bonds. The number of ether oxygens (including phenoxy) is 1. The zero-order chi connectivity index (χ0) is 16.6. The van der Waals surface area contributed by atoms with E-state index in [1.807, 2.05) is 12.1 Å². The van der Waals surface area contributed by atoms with E-state index < -0.39 is 0 Å². The molecule has 128 valence electrons. The van der Waals surface area contributed by atoms with Crippen molar-refractivity contribution >= 4 is 0 Å². The lowest BCUT2D eigenvalue weighted by Gasteiger charge is -2.41. The summed E-state index contributed by atoms with van der Waals surface area (Å²) in [5.74, 6) is 0.921. The number of rotatable bonds is 3. The zero-order valence-electron chi connectivity index (χ0n) is 13.9. The average molecular weight is 336 g/mol. The molecular formula is C19H20N4O2. The van der Waals surface area contributed by atoms with Crippen molar-refractivity contribution in [2.45, 2.75) is 31.7 Å². The minimum atomic E-state index is 0.241. The van der Waals surface area contributed by atoms with Crippen LogP contribution in [0.1, 0.15) is 23.7 Å². The Hall–Kier alpha value is -2.44. The minimum absolute atomic E-state index is 0.241. The molecule has 2 unspecified atom stereocenters. The third-order valence-corrected chi connectivity index (χ3v) is 5.21. The van der Waals surface area contributed by atoms with Crippen molar-refractivity contribution in [1.29, 1.82) is 0 Å². The van der Waals surface area contributed by atoms with Gasteiger partial charge in [0.25, 0.3) is 0 Å². The molecule has 3 aromatic rings. The number of piperidine rings is 1. The fourth-order valence-electron chi connectivity index (χ4n) is 3.96. The van der Waals surface area contributed by atoms with E-state index in [4.69, 9.17) is 9.15 Å². The normalized spacial score (nSPS) is 23.2. The number of hydrogen-bond acceptors (Lipinski definition) is 5. The molecule has 0 saturated carbocycles. The van der Waals surface area contributed by atoms with Gasteiger partial charge in [-0.25, -0.2) is 4.68 Å². The molecule has 0 aliphatic carbocycles. The highest BCUT2D eigenvalue weighted by Gasteiger charge is 2.36. The lowest BCUT2D eigenvalue weighted by molar-refractivity contribution is -0.0669. The molecule has 1 saturated heterocycles. The van der Waals surface area contributed by atoms with E-state index in [0.717, 1.165) is 43.1 Å². The first-order valence-electron chi connectivity index (χ1n) is 8.73. The van der Waals surface area contributed by atoms with Crippen molar-refractivity contribution in [1.82, 2.24) is 19.9 Å². The standard InChI is InChI=1S/C19H20N4O2/c1-2-5-16(18-6-3-9-24-18)14(4-1)11-22-8-7-19-17(12-22)23-15(13-25-19)10-20-21-23/h1-6,9-10,17,19H,7-8,11-13H2. The van der Waals surface area contributed by atoms with Crippen LogP contribution >= 0.6 is 0 Å². The third kappa shape index (κ3) is 2.67. The maximum atomic E-state index is 6.01. The summed E-state index contributed by atoms with van der Waals surface area (Å²) in [6.45, 7) is 3.46. The Kier molecular flexibility index (Phi) is 3.64. The molecule has 2 aliphatic rings. The van der Waals surface area contributed by atoms with Gasteiger partial charge in [-0.3, -0.25) is 4.90 Å². The maximum Gasteiger partial charge on any atom is 0.134 e. The van der Waals surface area contributed by atoms with Gasteiger partial charge in [0.1, 0.15) is 5.76 Å². The van der Waals surface area contributed by atoms with Gasteiger partial charge >= 0.3 is 0 Å². The summed E-state index contributed by atoms with van der Waals surface area (Å²) in [5.41, 5.74) is 3.52. The molecule has 1 fully saturated rings. The summed E-state index contributed by atoms with van der Waals surface area (Å²) in [4.78, 5) is 2.48. The number of aromatic nitrogens is 3. The largest absolute Gasteiger partial charge is 0.464 e. The quantitative estimate of drug-likeness (QED) is 0.736. The van der Waals surface area contributed by atoms with Crippen LogP contribution in [0.5, 0.6) is 0 Å². The number of nitrogens with zero attached hydrogens (tertiary/aromatic N) is 4. The van der Waals surface area contributed by atoms with Crippen LogP contribution in [-0.2, 0) is 17.9 Å². The lowest BCUT2D eigenvalue weighted by atomic mass is 9.98. The molecule has 1 aromatic carbocycles. The van der Waals surface area contributed by atoms with Crippen molar-refractivity contribution in [3.05, 3.63) is 60.1 Å². The highest BCUT2D eigenvalue weighted by Crippen LogP contribution is 2.32. The van der Waals surface area contributed by atoms with Crippen LogP contribution in [0.25, 0.3) is 11.3 Å². The fraction of sp³-hybridized carbons (Fsp3) is 0.368. The highest BCUT2D eigenvalue weighted by atomic mass is 16.5. The Labute approximate surface area is 146 Å². The molecule has 2 aromatic heterocycles. The molecule has 0 radical (unpaired) electrons. The fourth-order valence-corrected chi connectivity index (χ4v) is 3.96. The van der Waals surface area contributed by atoms with E-state index in [2.05, 4.69) is 44.2 Å². The van der Waals surface area contributed by atoms with Gasteiger partial charge in [-0.2, -0.15) is 0 Å². The molecule has 6 heteroatoms. The van der Waals surface area contributed by atoms with E-state index in [-0.39, 0.29) is 12.1 Å². The van der Waals surface area contributed by atoms with Crippen molar-refractivity contribution in [2.75, 3.05) is 13.1 Å². The van der Waals surface area contributed by atoms with Gasteiger partial charge in [-0.1, -0.05) is 29.5 Å². The monoisotopic (exact) mass is 336 g/mol. The average Bonchev–Trinajstić information content (AvgIpc) is 3.34. The van der Waals surface area contributed by atoms with Gasteiger partial charge in [0.15, 0.2) is 0 Å². The van der Waals surface area contributed by atoms with Crippen LogP contribution in [0.15, 0.2) is 53.3 Å². The predicted molar refractivity (Wildman–Crippen MR) is 91.7 cm³/mol. The molecule has 25 heavy (non-hydrogen) atoms.